The highest BCUT2D eigenvalue weighted by Crippen LogP contribution is 2.34. The van der Waals surface area contributed by atoms with E-state index in [-0.39, 0.29) is 17.0 Å². The van der Waals surface area contributed by atoms with E-state index in [0.29, 0.717) is 12.1 Å². The van der Waals surface area contributed by atoms with Gasteiger partial charge >= 0.3 is 6.18 Å². The summed E-state index contributed by atoms with van der Waals surface area (Å²) in [7, 11) is 0. The molecule has 0 heterocycles. The number of hydrogen-bond acceptors (Lipinski definition) is 3. The quantitative estimate of drug-likeness (QED) is 0.797. The summed E-state index contributed by atoms with van der Waals surface area (Å²) in [6.07, 6.45) is -4.65. The zero-order valence-electron chi connectivity index (χ0n) is 10.4. The molecule has 1 radical (unpaired) electrons. The molecule has 0 aliphatic rings. The van der Waals surface area contributed by atoms with E-state index in [4.69, 9.17) is 0 Å². The SMILES string of the molecule is O=C(Nc1cc(O)cc(C(F)(F)F)c1)c1c[c]ccc1O. The molecular formula is C14H9F3NO3. The number of aromatic hydroxyl groups is 2. The Labute approximate surface area is 117 Å². The molecule has 0 bridgehead atoms. The van der Waals surface area contributed by atoms with Gasteiger partial charge in [0, 0.05) is 11.8 Å². The smallest absolute Gasteiger partial charge is 0.416 e. The molecule has 7 heteroatoms. The van der Waals surface area contributed by atoms with Gasteiger partial charge in [-0.15, -0.1) is 0 Å². The molecule has 2 rings (SSSR count). The standard InChI is InChI=1S/C14H9F3NO3/c15-14(16,17)8-5-9(7-10(19)6-8)18-13(21)11-3-1-2-4-12(11)20/h2-7,19-20H,(H,18,21). The summed E-state index contributed by atoms with van der Waals surface area (Å²) >= 11 is 0. The first-order valence-corrected chi connectivity index (χ1v) is 5.69. The second-order valence-electron chi connectivity index (χ2n) is 4.16. The van der Waals surface area contributed by atoms with Crippen molar-refractivity contribution in [3.05, 3.63) is 53.6 Å². The van der Waals surface area contributed by atoms with Crippen LogP contribution in [0.25, 0.3) is 0 Å². The lowest BCUT2D eigenvalue weighted by molar-refractivity contribution is -0.137. The first kappa shape index (κ1) is 14.7. The van der Waals surface area contributed by atoms with E-state index in [1.807, 2.05) is 0 Å². The minimum atomic E-state index is -4.65. The van der Waals surface area contributed by atoms with Crippen LogP contribution >= 0.6 is 0 Å². The molecule has 0 aliphatic heterocycles. The summed E-state index contributed by atoms with van der Waals surface area (Å²) in [6, 6.07) is 8.55. The Kier molecular flexibility index (Phi) is 3.75. The molecule has 21 heavy (non-hydrogen) atoms. The van der Waals surface area contributed by atoms with Crippen molar-refractivity contribution in [2.24, 2.45) is 0 Å². The molecule has 2 aromatic carbocycles. The third-order valence-corrected chi connectivity index (χ3v) is 2.59. The number of hydrogen-bond donors (Lipinski definition) is 3. The Morgan fingerprint density at radius 2 is 1.90 bits per heavy atom. The van der Waals surface area contributed by atoms with Gasteiger partial charge in [0.2, 0.25) is 0 Å². The van der Waals surface area contributed by atoms with Crippen LogP contribution in [0.4, 0.5) is 18.9 Å². The highest BCUT2D eigenvalue weighted by molar-refractivity contribution is 6.06. The van der Waals surface area contributed by atoms with Crippen molar-refractivity contribution in [3.63, 3.8) is 0 Å². The lowest BCUT2D eigenvalue weighted by Crippen LogP contribution is -2.13. The van der Waals surface area contributed by atoms with Gasteiger partial charge in [0.25, 0.3) is 5.91 Å². The van der Waals surface area contributed by atoms with Crippen LogP contribution in [-0.4, -0.2) is 16.1 Å². The Morgan fingerprint density at radius 3 is 2.52 bits per heavy atom. The molecule has 0 aliphatic carbocycles. The number of carbonyl (C=O) groups is 1. The zero-order chi connectivity index (χ0) is 15.6. The topological polar surface area (TPSA) is 69.6 Å². The molecular weight excluding hydrogens is 287 g/mol. The second-order valence-corrected chi connectivity index (χ2v) is 4.16. The van der Waals surface area contributed by atoms with Gasteiger partial charge in [-0.1, -0.05) is 6.07 Å². The van der Waals surface area contributed by atoms with Crippen molar-refractivity contribution in [1.82, 2.24) is 0 Å². The van der Waals surface area contributed by atoms with E-state index in [1.54, 1.807) is 0 Å². The Hall–Kier alpha value is -2.70. The van der Waals surface area contributed by atoms with E-state index < -0.39 is 23.4 Å². The number of rotatable bonds is 2. The largest absolute Gasteiger partial charge is 0.508 e. The van der Waals surface area contributed by atoms with Crippen molar-refractivity contribution in [2.75, 3.05) is 5.32 Å². The monoisotopic (exact) mass is 296 g/mol. The molecule has 1 amide bonds. The fourth-order valence-electron chi connectivity index (χ4n) is 1.65. The van der Waals surface area contributed by atoms with E-state index in [9.17, 15) is 28.2 Å². The van der Waals surface area contributed by atoms with Gasteiger partial charge in [0.05, 0.1) is 11.1 Å². The van der Waals surface area contributed by atoms with E-state index >= 15 is 0 Å². The lowest BCUT2D eigenvalue weighted by atomic mass is 10.1. The molecule has 0 unspecified atom stereocenters. The van der Waals surface area contributed by atoms with Crippen molar-refractivity contribution in [3.8, 4) is 11.5 Å². The van der Waals surface area contributed by atoms with Gasteiger partial charge in [-0.25, -0.2) is 0 Å². The Balaban J connectivity index is 2.30. The number of phenols is 2. The summed E-state index contributed by atoms with van der Waals surface area (Å²) < 4.78 is 37.8. The van der Waals surface area contributed by atoms with Gasteiger partial charge in [0.15, 0.2) is 0 Å². The van der Waals surface area contributed by atoms with Gasteiger partial charge in [0.1, 0.15) is 11.5 Å². The zero-order valence-corrected chi connectivity index (χ0v) is 10.4. The van der Waals surface area contributed by atoms with Crippen molar-refractivity contribution in [1.29, 1.82) is 0 Å². The normalized spacial score (nSPS) is 11.2. The van der Waals surface area contributed by atoms with Crippen molar-refractivity contribution in [2.45, 2.75) is 6.18 Å². The average Bonchev–Trinajstić information content (AvgIpc) is 2.37. The molecule has 0 fully saturated rings. The van der Waals surface area contributed by atoms with Crippen molar-refractivity contribution >= 4 is 11.6 Å². The predicted molar refractivity (Wildman–Crippen MR) is 68.0 cm³/mol. The summed E-state index contributed by atoms with van der Waals surface area (Å²) in [5, 5.41) is 20.9. The van der Waals surface area contributed by atoms with Gasteiger partial charge in [-0.3, -0.25) is 4.79 Å². The average molecular weight is 296 g/mol. The first-order chi connectivity index (χ1) is 9.77. The number of halogens is 3. The first-order valence-electron chi connectivity index (χ1n) is 5.69. The number of amides is 1. The molecule has 3 N–H and O–H groups in total. The van der Waals surface area contributed by atoms with Crippen LogP contribution < -0.4 is 5.32 Å². The molecule has 4 nitrogen and oxygen atoms in total. The minimum Gasteiger partial charge on any atom is -0.508 e. The van der Waals surface area contributed by atoms with Gasteiger partial charge in [-0.2, -0.15) is 13.2 Å². The van der Waals surface area contributed by atoms with Crippen LogP contribution in [-0.2, 0) is 6.18 Å². The van der Waals surface area contributed by atoms with Crippen LogP contribution in [0.3, 0.4) is 0 Å². The van der Waals surface area contributed by atoms with Crippen LogP contribution in [0.1, 0.15) is 15.9 Å². The summed E-state index contributed by atoms with van der Waals surface area (Å²) in [5.74, 6) is -1.78. The van der Waals surface area contributed by atoms with E-state index in [0.717, 1.165) is 6.07 Å². The number of benzene rings is 2. The highest BCUT2D eigenvalue weighted by Gasteiger charge is 2.31. The molecule has 109 valence electrons. The molecule has 0 saturated heterocycles. The Morgan fingerprint density at radius 1 is 1.19 bits per heavy atom. The Bertz CT molecular complexity index is 683. The third-order valence-electron chi connectivity index (χ3n) is 2.59. The summed E-state index contributed by atoms with van der Waals surface area (Å²) in [4.78, 5) is 11.9. The number of carbonyl (C=O) groups excluding carboxylic acids is 1. The minimum absolute atomic E-state index is 0.144. The summed E-state index contributed by atoms with van der Waals surface area (Å²) in [5.41, 5.74) is -1.48. The maximum atomic E-state index is 12.6. The van der Waals surface area contributed by atoms with E-state index in [1.165, 1.54) is 18.2 Å². The molecule has 0 aromatic heterocycles. The van der Waals surface area contributed by atoms with Crippen molar-refractivity contribution < 1.29 is 28.2 Å². The fraction of sp³-hybridized carbons (Fsp3) is 0.0714. The second kappa shape index (κ2) is 5.35. The number of nitrogens with one attached hydrogen (secondary N) is 1. The maximum Gasteiger partial charge on any atom is 0.416 e. The van der Waals surface area contributed by atoms with Crippen LogP contribution in [0.15, 0.2) is 36.4 Å². The third kappa shape index (κ3) is 3.44. The van der Waals surface area contributed by atoms with Gasteiger partial charge in [-0.05, 0) is 30.3 Å². The molecule has 0 atom stereocenters. The van der Waals surface area contributed by atoms with Gasteiger partial charge < -0.3 is 15.5 Å². The van der Waals surface area contributed by atoms with Crippen LogP contribution in [0.2, 0.25) is 0 Å². The van der Waals surface area contributed by atoms with Crippen LogP contribution in [0.5, 0.6) is 11.5 Å². The van der Waals surface area contributed by atoms with E-state index in [2.05, 4.69) is 11.4 Å². The molecule has 2 aromatic rings. The number of anilines is 1. The number of phenolic OH excluding ortho intramolecular Hbond substituents is 2. The highest BCUT2D eigenvalue weighted by atomic mass is 19.4. The number of alkyl halides is 3. The fourth-order valence-corrected chi connectivity index (χ4v) is 1.65. The maximum absolute atomic E-state index is 12.6. The lowest BCUT2D eigenvalue weighted by Gasteiger charge is -2.11. The molecule has 0 spiro atoms. The van der Waals surface area contributed by atoms with Crippen LogP contribution in [0, 0.1) is 6.07 Å². The molecule has 0 saturated carbocycles. The predicted octanol–water partition coefficient (Wildman–Crippen LogP) is 3.17. The summed E-state index contributed by atoms with van der Waals surface area (Å²) in [6.45, 7) is 0.